The third kappa shape index (κ3) is 4.71. The Balaban J connectivity index is 1.78. The van der Waals surface area contributed by atoms with E-state index in [0.717, 1.165) is 31.7 Å². The lowest BCUT2D eigenvalue weighted by atomic mass is 10.1. The number of carbonyl (C=O) groups is 1. The zero-order valence-electron chi connectivity index (χ0n) is 12.7. The molecule has 1 aromatic heterocycles. The van der Waals surface area contributed by atoms with Gasteiger partial charge in [0.05, 0.1) is 11.6 Å². The maximum Gasteiger partial charge on any atom is 0.335 e. The van der Waals surface area contributed by atoms with Gasteiger partial charge < -0.3 is 14.4 Å². The van der Waals surface area contributed by atoms with Crippen LogP contribution in [0.25, 0.3) is 0 Å². The van der Waals surface area contributed by atoms with Crippen molar-refractivity contribution in [1.82, 2.24) is 4.98 Å². The van der Waals surface area contributed by atoms with Gasteiger partial charge in [-0.2, -0.15) is 0 Å². The van der Waals surface area contributed by atoms with E-state index in [1.807, 2.05) is 12.1 Å². The first-order valence-electron chi connectivity index (χ1n) is 7.39. The zero-order chi connectivity index (χ0) is 15.9. The van der Waals surface area contributed by atoms with Crippen LogP contribution in [0.5, 0.6) is 0 Å². The highest BCUT2D eigenvalue weighted by Gasteiger charge is 2.25. The molecule has 0 N–H and O–H groups in total. The average molecular weight is 325 g/mol. The van der Waals surface area contributed by atoms with E-state index in [1.165, 1.54) is 0 Å². The molecular weight excluding hydrogens is 304 g/mol. The number of piperidine rings is 1. The first-order valence-corrected chi connectivity index (χ1v) is 7.77. The third-order valence-electron chi connectivity index (χ3n) is 3.56. The fourth-order valence-electron chi connectivity index (χ4n) is 2.30. The first kappa shape index (κ1) is 16.8. The Labute approximate surface area is 135 Å². The number of halogens is 1. The van der Waals surface area contributed by atoms with Crippen LogP contribution in [0.15, 0.2) is 31.0 Å². The Kier molecular flexibility index (Phi) is 6.21. The van der Waals surface area contributed by atoms with Crippen LogP contribution in [-0.4, -0.2) is 42.9 Å². The molecule has 0 amide bonds. The summed E-state index contributed by atoms with van der Waals surface area (Å²) in [7, 11) is 0. The molecule has 6 heteroatoms. The predicted molar refractivity (Wildman–Crippen MR) is 86.2 cm³/mol. The summed E-state index contributed by atoms with van der Waals surface area (Å²) in [5, 5.41) is 0.626. The minimum atomic E-state index is -0.561. The number of pyridine rings is 1. The molecule has 5 nitrogen and oxygen atoms in total. The lowest BCUT2D eigenvalue weighted by Gasteiger charge is -2.32. The molecule has 0 bridgehead atoms. The number of aromatic nitrogens is 1. The third-order valence-corrected chi connectivity index (χ3v) is 3.78. The Morgan fingerprint density at radius 1 is 1.55 bits per heavy atom. The van der Waals surface area contributed by atoms with Crippen LogP contribution in [0.2, 0.25) is 5.02 Å². The van der Waals surface area contributed by atoms with Crippen molar-refractivity contribution in [3.8, 4) is 0 Å². The van der Waals surface area contributed by atoms with E-state index in [2.05, 4.69) is 16.5 Å². The number of esters is 1. The normalized spacial score (nSPS) is 17.1. The lowest BCUT2D eigenvalue weighted by molar-refractivity contribution is -0.161. The number of anilines is 1. The summed E-state index contributed by atoms with van der Waals surface area (Å²) in [6, 6.07) is 3.73. The van der Waals surface area contributed by atoms with E-state index in [-0.39, 0.29) is 12.1 Å². The van der Waals surface area contributed by atoms with E-state index >= 15 is 0 Å². The fourth-order valence-corrected chi connectivity index (χ4v) is 2.41. The molecule has 1 aliphatic heterocycles. The van der Waals surface area contributed by atoms with Gasteiger partial charge in [0.15, 0.2) is 6.10 Å². The van der Waals surface area contributed by atoms with Crippen molar-refractivity contribution >= 4 is 23.4 Å². The minimum Gasteiger partial charge on any atom is -0.460 e. The van der Waals surface area contributed by atoms with Crippen molar-refractivity contribution in [2.24, 2.45) is 0 Å². The maximum absolute atomic E-state index is 11.9. The fraction of sp³-hybridized carbons (Fsp3) is 0.500. The Morgan fingerprint density at radius 3 is 2.86 bits per heavy atom. The molecule has 0 aromatic carbocycles. The van der Waals surface area contributed by atoms with Gasteiger partial charge >= 0.3 is 5.97 Å². The van der Waals surface area contributed by atoms with Crippen molar-refractivity contribution in [1.29, 1.82) is 0 Å². The topological polar surface area (TPSA) is 51.7 Å². The zero-order valence-corrected chi connectivity index (χ0v) is 13.5. The maximum atomic E-state index is 11.9. The molecule has 1 fully saturated rings. The summed E-state index contributed by atoms with van der Waals surface area (Å²) in [5.41, 5.74) is 0. The highest BCUT2D eigenvalue weighted by Crippen LogP contribution is 2.21. The van der Waals surface area contributed by atoms with E-state index in [9.17, 15) is 4.79 Å². The van der Waals surface area contributed by atoms with Crippen LogP contribution >= 0.6 is 11.6 Å². The molecule has 22 heavy (non-hydrogen) atoms. The monoisotopic (exact) mass is 324 g/mol. The van der Waals surface area contributed by atoms with E-state index in [0.29, 0.717) is 11.6 Å². The first-order chi connectivity index (χ1) is 10.6. The van der Waals surface area contributed by atoms with Gasteiger partial charge in [-0.1, -0.05) is 17.7 Å². The number of ether oxygens (including phenoxy) is 2. The smallest absolute Gasteiger partial charge is 0.335 e. The molecular formula is C16H21ClN2O3. The van der Waals surface area contributed by atoms with Gasteiger partial charge in [-0.05, 0) is 19.1 Å². The molecule has 120 valence electrons. The number of carbonyl (C=O) groups excluding carboxylic acids is 1. The van der Waals surface area contributed by atoms with Crippen LogP contribution in [0, 0.1) is 0 Å². The summed E-state index contributed by atoms with van der Waals surface area (Å²) >= 11 is 5.84. The largest absolute Gasteiger partial charge is 0.460 e. The quantitative estimate of drug-likeness (QED) is 0.595. The van der Waals surface area contributed by atoms with Gasteiger partial charge in [-0.3, -0.25) is 0 Å². The molecule has 0 aliphatic carbocycles. The second-order valence-corrected chi connectivity index (χ2v) is 5.66. The van der Waals surface area contributed by atoms with Crippen molar-refractivity contribution in [2.45, 2.75) is 32.0 Å². The number of rotatable bonds is 6. The van der Waals surface area contributed by atoms with E-state index in [4.69, 9.17) is 21.1 Å². The SMILES string of the molecule is C=CCOC(C)C(=O)OC1CCN(c2ccc(Cl)cn2)CC1. The van der Waals surface area contributed by atoms with Crippen molar-refractivity contribution in [2.75, 3.05) is 24.6 Å². The van der Waals surface area contributed by atoms with Crippen LogP contribution in [0.1, 0.15) is 19.8 Å². The van der Waals surface area contributed by atoms with Crippen molar-refractivity contribution in [3.05, 3.63) is 36.0 Å². The molecule has 2 rings (SSSR count). The molecule has 1 aliphatic rings. The molecule has 1 saturated heterocycles. The highest BCUT2D eigenvalue weighted by atomic mass is 35.5. The van der Waals surface area contributed by atoms with Crippen molar-refractivity contribution < 1.29 is 14.3 Å². The Morgan fingerprint density at radius 2 is 2.27 bits per heavy atom. The minimum absolute atomic E-state index is 0.0640. The molecule has 0 radical (unpaired) electrons. The molecule has 1 unspecified atom stereocenters. The number of nitrogens with zero attached hydrogens (tertiary/aromatic N) is 2. The van der Waals surface area contributed by atoms with Gasteiger partial charge in [0.2, 0.25) is 0 Å². The second-order valence-electron chi connectivity index (χ2n) is 5.22. The van der Waals surface area contributed by atoms with Gasteiger partial charge in [-0.15, -0.1) is 6.58 Å². The van der Waals surface area contributed by atoms with Crippen LogP contribution in [0.3, 0.4) is 0 Å². The summed E-state index contributed by atoms with van der Waals surface area (Å²) in [6.45, 7) is 7.19. The van der Waals surface area contributed by atoms with Gasteiger partial charge in [0.1, 0.15) is 11.9 Å². The highest BCUT2D eigenvalue weighted by molar-refractivity contribution is 6.30. The lowest BCUT2D eigenvalue weighted by Crippen LogP contribution is -2.39. The molecule has 0 spiro atoms. The Hall–Kier alpha value is -1.59. The Bertz CT molecular complexity index is 499. The standard InChI is InChI=1S/C16H21ClN2O3/c1-3-10-21-12(2)16(20)22-14-6-8-19(9-7-14)15-5-4-13(17)11-18-15/h3-5,11-12,14H,1,6-10H2,2H3. The van der Waals surface area contributed by atoms with Crippen LogP contribution in [-0.2, 0) is 14.3 Å². The van der Waals surface area contributed by atoms with Crippen LogP contribution < -0.4 is 4.90 Å². The average Bonchev–Trinajstić information content (AvgIpc) is 2.54. The van der Waals surface area contributed by atoms with Gasteiger partial charge in [0.25, 0.3) is 0 Å². The second kappa shape index (κ2) is 8.15. The molecule has 1 atom stereocenters. The molecule has 0 saturated carbocycles. The molecule has 1 aromatic rings. The predicted octanol–water partition coefficient (Wildman–Crippen LogP) is 2.84. The van der Waals surface area contributed by atoms with E-state index < -0.39 is 6.10 Å². The van der Waals surface area contributed by atoms with Crippen LogP contribution in [0.4, 0.5) is 5.82 Å². The van der Waals surface area contributed by atoms with Gasteiger partial charge in [0, 0.05) is 32.1 Å². The summed E-state index contributed by atoms with van der Waals surface area (Å²) in [4.78, 5) is 18.4. The van der Waals surface area contributed by atoms with Gasteiger partial charge in [-0.25, -0.2) is 9.78 Å². The summed E-state index contributed by atoms with van der Waals surface area (Å²) in [5.74, 6) is 0.585. The number of hydrogen-bond acceptors (Lipinski definition) is 5. The summed E-state index contributed by atoms with van der Waals surface area (Å²) < 4.78 is 10.8. The van der Waals surface area contributed by atoms with Crippen molar-refractivity contribution in [3.63, 3.8) is 0 Å². The number of hydrogen-bond donors (Lipinski definition) is 0. The van der Waals surface area contributed by atoms with E-state index in [1.54, 1.807) is 19.2 Å². The molecule has 2 heterocycles. The summed E-state index contributed by atoms with van der Waals surface area (Å²) in [6.07, 6.45) is 4.19.